The largest absolute Gasteiger partial charge is 0.481 e. The SMILES string of the molecule is CC(C)C[C@H](NC(=O)OCC1c2ccccc2-c2ccccc21)C(=O)N1CCCC1CC(=O)O. The van der Waals surface area contributed by atoms with Gasteiger partial charge in [0.25, 0.3) is 0 Å². The van der Waals surface area contributed by atoms with Gasteiger partial charge in [-0.25, -0.2) is 4.79 Å². The highest BCUT2D eigenvalue weighted by molar-refractivity contribution is 5.86. The highest BCUT2D eigenvalue weighted by atomic mass is 16.5. The van der Waals surface area contributed by atoms with Crippen LogP contribution in [0.5, 0.6) is 0 Å². The van der Waals surface area contributed by atoms with Crippen LogP contribution in [-0.2, 0) is 14.3 Å². The molecular weight excluding hydrogens is 432 g/mol. The molecule has 34 heavy (non-hydrogen) atoms. The number of nitrogens with one attached hydrogen (secondary N) is 1. The lowest BCUT2D eigenvalue weighted by atomic mass is 9.98. The molecule has 2 atom stereocenters. The predicted molar refractivity (Wildman–Crippen MR) is 128 cm³/mol. The average molecular weight is 465 g/mol. The maximum atomic E-state index is 13.3. The minimum Gasteiger partial charge on any atom is -0.481 e. The number of carbonyl (C=O) groups excluding carboxylic acids is 2. The maximum absolute atomic E-state index is 13.3. The zero-order valence-corrected chi connectivity index (χ0v) is 19.7. The molecule has 0 spiro atoms. The van der Waals surface area contributed by atoms with E-state index in [1.54, 1.807) is 4.90 Å². The number of amides is 2. The maximum Gasteiger partial charge on any atom is 0.407 e. The Hall–Kier alpha value is -3.35. The van der Waals surface area contributed by atoms with Gasteiger partial charge in [0.15, 0.2) is 0 Å². The quantitative estimate of drug-likeness (QED) is 0.604. The molecular formula is C27H32N2O5. The van der Waals surface area contributed by atoms with Gasteiger partial charge in [0.2, 0.25) is 5.91 Å². The van der Waals surface area contributed by atoms with Crippen molar-refractivity contribution in [2.75, 3.05) is 13.2 Å². The second kappa shape index (κ2) is 10.3. The fraction of sp³-hybridized carbons (Fsp3) is 0.444. The van der Waals surface area contributed by atoms with Crippen LogP contribution in [0.25, 0.3) is 11.1 Å². The van der Waals surface area contributed by atoms with Crippen LogP contribution in [0.1, 0.15) is 56.6 Å². The summed E-state index contributed by atoms with van der Waals surface area (Å²) in [7, 11) is 0. The molecule has 1 aliphatic carbocycles. The van der Waals surface area contributed by atoms with E-state index in [0.717, 1.165) is 28.7 Å². The first-order chi connectivity index (χ1) is 16.3. The van der Waals surface area contributed by atoms with E-state index in [9.17, 15) is 19.5 Å². The molecule has 0 radical (unpaired) electrons. The van der Waals surface area contributed by atoms with Gasteiger partial charge in [-0.2, -0.15) is 0 Å². The summed E-state index contributed by atoms with van der Waals surface area (Å²) in [6, 6.07) is 15.2. The Labute approximate surface area is 200 Å². The van der Waals surface area contributed by atoms with Crippen LogP contribution in [0.15, 0.2) is 48.5 Å². The Morgan fingerprint density at radius 3 is 2.26 bits per heavy atom. The van der Waals surface area contributed by atoms with Crippen molar-refractivity contribution in [3.8, 4) is 11.1 Å². The van der Waals surface area contributed by atoms with Gasteiger partial charge in [-0.15, -0.1) is 0 Å². The van der Waals surface area contributed by atoms with Crippen molar-refractivity contribution in [2.24, 2.45) is 5.92 Å². The summed E-state index contributed by atoms with van der Waals surface area (Å²) in [4.78, 5) is 38.9. The number of nitrogens with zero attached hydrogens (tertiary/aromatic N) is 1. The zero-order valence-electron chi connectivity index (χ0n) is 19.7. The number of carboxylic acid groups (broad SMARTS) is 1. The predicted octanol–water partition coefficient (Wildman–Crippen LogP) is 4.41. The summed E-state index contributed by atoms with van der Waals surface area (Å²) in [5, 5.41) is 12.0. The molecule has 2 aromatic rings. The van der Waals surface area contributed by atoms with Gasteiger partial charge in [0.05, 0.1) is 6.42 Å². The fourth-order valence-corrected chi connectivity index (χ4v) is 5.22. The lowest BCUT2D eigenvalue weighted by Crippen LogP contribution is -2.51. The van der Waals surface area contributed by atoms with Crippen LogP contribution in [0.3, 0.4) is 0 Å². The summed E-state index contributed by atoms with van der Waals surface area (Å²) in [5.41, 5.74) is 4.55. The topological polar surface area (TPSA) is 95.9 Å². The molecule has 7 nitrogen and oxygen atoms in total. The van der Waals surface area contributed by atoms with Crippen LogP contribution >= 0.6 is 0 Å². The number of hydrogen-bond donors (Lipinski definition) is 2. The third-order valence-corrected chi connectivity index (χ3v) is 6.71. The lowest BCUT2D eigenvalue weighted by molar-refractivity contribution is -0.140. The molecule has 2 amide bonds. The molecule has 2 aromatic carbocycles. The Bertz CT molecular complexity index is 1020. The van der Waals surface area contributed by atoms with Crippen LogP contribution in [0.4, 0.5) is 4.79 Å². The summed E-state index contributed by atoms with van der Waals surface area (Å²) < 4.78 is 5.64. The van der Waals surface area contributed by atoms with E-state index in [0.29, 0.717) is 19.4 Å². The number of rotatable bonds is 8. The standard InChI is InChI=1S/C27H32N2O5/c1-17(2)14-24(26(32)29-13-7-8-18(29)15-25(30)31)28-27(33)34-16-23-21-11-5-3-9-19(21)20-10-4-6-12-22(20)23/h3-6,9-12,17-18,23-24H,7-8,13-16H2,1-2H3,(H,28,33)(H,30,31)/t18?,24-/m0/s1. The monoisotopic (exact) mass is 464 g/mol. The number of ether oxygens (including phenoxy) is 1. The van der Waals surface area contributed by atoms with Crippen molar-refractivity contribution in [3.05, 3.63) is 59.7 Å². The van der Waals surface area contributed by atoms with Gasteiger partial charge < -0.3 is 20.1 Å². The Kier molecular flexibility index (Phi) is 7.20. The van der Waals surface area contributed by atoms with Crippen LogP contribution in [0, 0.1) is 5.92 Å². The normalized spacial score (nSPS) is 17.9. The highest BCUT2D eigenvalue weighted by Gasteiger charge is 2.36. The number of carbonyl (C=O) groups is 3. The van der Waals surface area contributed by atoms with E-state index in [1.807, 2.05) is 38.1 Å². The van der Waals surface area contributed by atoms with Crippen molar-refractivity contribution in [1.82, 2.24) is 10.2 Å². The van der Waals surface area contributed by atoms with Crippen LogP contribution in [-0.4, -0.2) is 53.2 Å². The fourth-order valence-electron chi connectivity index (χ4n) is 5.22. The van der Waals surface area contributed by atoms with Gasteiger partial charge in [-0.1, -0.05) is 62.4 Å². The molecule has 1 unspecified atom stereocenters. The first-order valence-electron chi connectivity index (χ1n) is 12.0. The second-order valence-corrected chi connectivity index (χ2v) is 9.58. The van der Waals surface area contributed by atoms with Gasteiger partial charge in [0, 0.05) is 18.5 Å². The highest BCUT2D eigenvalue weighted by Crippen LogP contribution is 2.44. The van der Waals surface area contributed by atoms with Crippen LogP contribution in [0.2, 0.25) is 0 Å². The molecule has 180 valence electrons. The van der Waals surface area contributed by atoms with Gasteiger partial charge in [0.1, 0.15) is 12.6 Å². The molecule has 1 heterocycles. The van der Waals surface area contributed by atoms with Crippen molar-refractivity contribution >= 4 is 18.0 Å². The second-order valence-electron chi connectivity index (χ2n) is 9.58. The van der Waals surface area contributed by atoms with E-state index in [-0.39, 0.29) is 36.8 Å². The number of carboxylic acids is 1. The molecule has 1 fully saturated rings. The Morgan fingerprint density at radius 2 is 1.68 bits per heavy atom. The van der Waals surface area contributed by atoms with Gasteiger partial charge in [-0.05, 0) is 47.4 Å². The summed E-state index contributed by atoms with van der Waals surface area (Å²) in [6.45, 7) is 4.66. The molecule has 4 rings (SSSR count). The summed E-state index contributed by atoms with van der Waals surface area (Å²) in [5.74, 6) is -1.04. The first kappa shape index (κ1) is 23.8. The van der Waals surface area contributed by atoms with Crippen molar-refractivity contribution in [2.45, 2.75) is 57.5 Å². The number of aliphatic carboxylic acids is 1. The number of fused-ring (bicyclic) bond motifs is 3. The smallest absolute Gasteiger partial charge is 0.407 e. The molecule has 1 aliphatic heterocycles. The van der Waals surface area contributed by atoms with E-state index < -0.39 is 18.1 Å². The van der Waals surface area contributed by atoms with Crippen molar-refractivity contribution in [3.63, 3.8) is 0 Å². The molecule has 0 aromatic heterocycles. The molecule has 2 N–H and O–H groups in total. The summed E-state index contributed by atoms with van der Waals surface area (Å²) >= 11 is 0. The lowest BCUT2D eigenvalue weighted by Gasteiger charge is -2.29. The third-order valence-electron chi connectivity index (χ3n) is 6.71. The first-order valence-corrected chi connectivity index (χ1v) is 12.0. The minimum atomic E-state index is -0.922. The third kappa shape index (κ3) is 5.08. The molecule has 0 bridgehead atoms. The zero-order chi connectivity index (χ0) is 24.2. The molecule has 2 aliphatic rings. The van der Waals surface area contributed by atoms with E-state index in [4.69, 9.17) is 4.74 Å². The molecule has 0 saturated carbocycles. The van der Waals surface area contributed by atoms with Gasteiger partial charge in [-0.3, -0.25) is 9.59 Å². The number of alkyl carbamates (subject to hydrolysis) is 1. The van der Waals surface area contributed by atoms with E-state index in [1.165, 1.54) is 0 Å². The number of hydrogen-bond acceptors (Lipinski definition) is 4. The van der Waals surface area contributed by atoms with E-state index >= 15 is 0 Å². The van der Waals surface area contributed by atoms with Gasteiger partial charge >= 0.3 is 12.1 Å². The van der Waals surface area contributed by atoms with Crippen molar-refractivity contribution in [1.29, 1.82) is 0 Å². The van der Waals surface area contributed by atoms with Crippen LogP contribution < -0.4 is 5.32 Å². The van der Waals surface area contributed by atoms with E-state index in [2.05, 4.69) is 29.6 Å². The number of benzene rings is 2. The minimum absolute atomic E-state index is 0.0593. The molecule has 7 heteroatoms. The van der Waals surface area contributed by atoms with Crippen molar-refractivity contribution < 1.29 is 24.2 Å². The Morgan fingerprint density at radius 1 is 1.06 bits per heavy atom. The number of likely N-dealkylation sites (tertiary alicyclic amines) is 1. The summed E-state index contributed by atoms with van der Waals surface area (Å²) in [6.07, 6.45) is 1.18. The molecule has 1 saturated heterocycles. The average Bonchev–Trinajstić information content (AvgIpc) is 3.38. The Balaban J connectivity index is 1.43.